The second-order valence-corrected chi connectivity index (χ2v) is 10.7. The lowest BCUT2D eigenvalue weighted by molar-refractivity contribution is -0.323. The largest absolute Gasteiger partial charge is 0.481 e. The van der Waals surface area contributed by atoms with E-state index in [1.54, 1.807) is 0 Å². The molecule has 2 heterocycles. The maximum atomic E-state index is 10.2. The van der Waals surface area contributed by atoms with Crippen LogP contribution < -0.4 is 22.9 Å². The van der Waals surface area contributed by atoms with Gasteiger partial charge in [-0.1, -0.05) is 0 Å². The number of hydrogen-bond acceptors (Lipinski definition) is 18. The van der Waals surface area contributed by atoms with Gasteiger partial charge in [-0.3, -0.25) is 19.2 Å². The Balaban J connectivity index is 0. The van der Waals surface area contributed by atoms with Crippen molar-refractivity contribution in [2.75, 3.05) is 13.1 Å². The van der Waals surface area contributed by atoms with Gasteiger partial charge in [0.15, 0.2) is 12.6 Å². The molecule has 0 aromatic carbocycles. The Morgan fingerprint density at radius 2 is 0.792 bits per heavy atom. The number of hydrogen-bond donors (Lipinski definition) is 14. The van der Waals surface area contributed by atoms with Gasteiger partial charge in [0, 0.05) is 59.3 Å². The number of carbonyl (C=O) groups is 4. The highest BCUT2D eigenvalue weighted by atomic mass is 16.7. The van der Waals surface area contributed by atoms with Crippen LogP contribution in [-0.4, -0.2) is 174 Å². The summed E-state index contributed by atoms with van der Waals surface area (Å²) in [6.45, 7) is 4.12. The summed E-state index contributed by atoms with van der Waals surface area (Å²) in [6.07, 6.45) is -14.5. The highest BCUT2D eigenvalue weighted by molar-refractivity contribution is 5.63. The summed E-state index contributed by atoms with van der Waals surface area (Å²) in [5, 5.41) is 90.1. The molecule has 22 heteroatoms. The van der Waals surface area contributed by atoms with E-state index in [1.807, 2.05) is 0 Å². The Morgan fingerprint density at radius 3 is 1.02 bits per heavy atom. The molecule has 0 unspecified atom stereocenters. The number of aliphatic carboxylic acids is 4. The smallest absolute Gasteiger partial charge is 0.300 e. The predicted molar refractivity (Wildman–Crippen MR) is 160 cm³/mol. The van der Waals surface area contributed by atoms with E-state index in [2.05, 4.69) is 0 Å². The summed E-state index contributed by atoms with van der Waals surface area (Å²) in [5.74, 6) is -3.33. The lowest BCUT2D eigenvalue weighted by Crippen LogP contribution is -2.64. The minimum atomic E-state index is -1.54. The highest BCUT2D eigenvalue weighted by Gasteiger charge is 2.48. The Morgan fingerprint density at radius 1 is 0.542 bits per heavy atom. The first kappa shape index (κ1) is 47.4. The minimum Gasteiger partial charge on any atom is -0.481 e. The van der Waals surface area contributed by atoms with Crippen LogP contribution in [0.3, 0.4) is 0 Å². The second-order valence-electron chi connectivity index (χ2n) is 10.7. The van der Waals surface area contributed by atoms with Crippen LogP contribution >= 0.6 is 0 Å². The Bertz CT molecular complexity index is 850. The van der Waals surface area contributed by atoms with Gasteiger partial charge in [-0.15, -0.1) is 0 Å². The molecule has 2 aliphatic heterocycles. The van der Waals surface area contributed by atoms with E-state index in [9.17, 15) is 30.6 Å². The highest BCUT2D eigenvalue weighted by Crippen LogP contribution is 2.31. The molecule has 18 N–H and O–H groups in total. The summed E-state index contributed by atoms with van der Waals surface area (Å²) in [4.78, 5) is 36.0. The van der Waals surface area contributed by atoms with Gasteiger partial charge in [-0.2, -0.15) is 0 Å². The molecule has 22 nitrogen and oxygen atoms in total. The van der Waals surface area contributed by atoms with Crippen molar-refractivity contribution in [3.8, 4) is 0 Å². The molecule has 14 atom stereocenters. The molecular formula is C26H52N4O18. The number of ether oxygens (including phenoxy) is 4. The first-order valence-electron chi connectivity index (χ1n) is 14.4. The monoisotopic (exact) mass is 708 g/mol. The molecule has 3 aliphatic rings. The Kier molecular flexibility index (Phi) is 23.4. The molecule has 3 rings (SSSR count). The van der Waals surface area contributed by atoms with E-state index in [1.165, 1.54) is 0 Å². The molecule has 0 bridgehead atoms. The van der Waals surface area contributed by atoms with Gasteiger partial charge >= 0.3 is 0 Å². The molecular weight excluding hydrogens is 656 g/mol. The first-order valence-corrected chi connectivity index (χ1v) is 14.4. The average Bonchev–Trinajstić information content (AvgIpc) is 2.94. The van der Waals surface area contributed by atoms with Gasteiger partial charge in [-0.25, -0.2) is 0 Å². The van der Waals surface area contributed by atoms with Gasteiger partial charge in [-0.05, 0) is 6.42 Å². The van der Waals surface area contributed by atoms with Crippen molar-refractivity contribution in [2.24, 2.45) is 22.9 Å². The van der Waals surface area contributed by atoms with Gasteiger partial charge in [0.2, 0.25) is 0 Å². The Labute approximate surface area is 275 Å². The van der Waals surface area contributed by atoms with Crippen LogP contribution in [0.1, 0.15) is 40.5 Å². The van der Waals surface area contributed by atoms with Crippen LogP contribution in [0.4, 0.5) is 0 Å². The SMILES string of the molecule is CC(=O)O.CC(=O)O.CC(=O)O.CC(=O)O.NC[C@H]1O[C@H](O[C@@H]2C[C@@H](O[C@H]3O[C@H](CN)[C@@H](O)[C@H](O)[C@H]3O)[C@H](N)C[C@H]2N)[C@H](O)[C@@H](O)[C@@H]1O. The van der Waals surface area contributed by atoms with Crippen molar-refractivity contribution in [3.05, 3.63) is 0 Å². The standard InChI is InChI=1S/C18H36N4O10.4C2H4O2/c19-3-9-11(23)13(25)15(27)17(31-9)29-7-2-8(6(22)1-5(7)21)30-18-16(28)14(26)12(24)10(4-20)32-18;4*1-2(3)4/h5-18,23-28H,1-4,19-22H2;4*1H3,(H,3,4)/t5-,6-,7-,8-,9-,10-,11-,12-,13+,14+,15-,16-,17+,18+;;;;/m1..../s1. The lowest BCUT2D eigenvalue weighted by atomic mass is 9.86. The third-order valence-corrected chi connectivity index (χ3v) is 6.38. The van der Waals surface area contributed by atoms with Crippen molar-refractivity contribution < 1.29 is 89.2 Å². The summed E-state index contributed by atoms with van der Waals surface area (Å²) in [6, 6.07) is -1.13. The first-order chi connectivity index (χ1) is 22.0. The van der Waals surface area contributed by atoms with Crippen molar-refractivity contribution >= 4 is 23.9 Å². The van der Waals surface area contributed by atoms with Crippen LogP contribution in [0.15, 0.2) is 0 Å². The van der Waals surface area contributed by atoms with Crippen molar-refractivity contribution in [2.45, 2.75) is 126 Å². The molecule has 48 heavy (non-hydrogen) atoms. The number of carboxylic acids is 4. The molecule has 0 aromatic heterocycles. The zero-order chi connectivity index (χ0) is 38.0. The van der Waals surface area contributed by atoms with Crippen LogP contribution in [0.25, 0.3) is 0 Å². The zero-order valence-corrected chi connectivity index (χ0v) is 27.0. The molecule has 2 saturated heterocycles. The molecule has 0 amide bonds. The molecule has 284 valence electrons. The summed E-state index contributed by atoms with van der Waals surface area (Å²) in [5.41, 5.74) is 23.4. The minimum absolute atomic E-state index is 0.106. The lowest BCUT2D eigenvalue weighted by Gasteiger charge is -2.46. The van der Waals surface area contributed by atoms with E-state index < -0.39 is 110 Å². The van der Waals surface area contributed by atoms with Crippen molar-refractivity contribution in [3.63, 3.8) is 0 Å². The third-order valence-electron chi connectivity index (χ3n) is 6.38. The van der Waals surface area contributed by atoms with E-state index in [4.69, 9.17) is 81.5 Å². The van der Waals surface area contributed by atoms with Crippen LogP contribution in [-0.2, 0) is 38.1 Å². The predicted octanol–water partition coefficient (Wildman–Crippen LogP) is -5.90. The average molecular weight is 709 g/mol. The second kappa shape index (κ2) is 23.6. The fourth-order valence-corrected chi connectivity index (χ4v) is 4.30. The zero-order valence-electron chi connectivity index (χ0n) is 27.0. The number of aliphatic hydroxyl groups is 6. The van der Waals surface area contributed by atoms with E-state index in [0.717, 1.165) is 27.7 Å². The van der Waals surface area contributed by atoms with Crippen LogP contribution in [0.5, 0.6) is 0 Å². The quantitative estimate of drug-likeness (QED) is 0.122. The maximum absolute atomic E-state index is 10.2. The fourth-order valence-electron chi connectivity index (χ4n) is 4.30. The molecule has 1 saturated carbocycles. The van der Waals surface area contributed by atoms with Crippen LogP contribution in [0, 0.1) is 0 Å². The number of carboxylic acid groups (broad SMARTS) is 4. The molecule has 1 aliphatic carbocycles. The molecule has 0 radical (unpaired) electrons. The Hall–Kier alpha value is -2.68. The fraction of sp³-hybridized carbons (Fsp3) is 0.846. The number of rotatable bonds is 6. The van der Waals surface area contributed by atoms with E-state index in [-0.39, 0.29) is 25.9 Å². The van der Waals surface area contributed by atoms with Crippen molar-refractivity contribution in [1.29, 1.82) is 0 Å². The van der Waals surface area contributed by atoms with E-state index in [0.29, 0.717) is 0 Å². The molecule has 3 fully saturated rings. The summed E-state index contributed by atoms with van der Waals surface area (Å²) < 4.78 is 22.6. The van der Waals surface area contributed by atoms with Crippen molar-refractivity contribution in [1.82, 2.24) is 0 Å². The van der Waals surface area contributed by atoms with Crippen LogP contribution in [0.2, 0.25) is 0 Å². The number of nitrogens with two attached hydrogens (primary N) is 4. The summed E-state index contributed by atoms with van der Waals surface area (Å²) in [7, 11) is 0. The summed E-state index contributed by atoms with van der Waals surface area (Å²) >= 11 is 0. The molecule has 0 spiro atoms. The van der Waals surface area contributed by atoms with E-state index >= 15 is 0 Å². The number of aliphatic hydroxyl groups excluding tert-OH is 6. The maximum Gasteiger partial charge on any atom is 0.300 e. The third kappa shape index (κ3) is 18.2. The normalized spacial score (nSPS) is 37.2. The van der Waals surface area contributed by atoms with Gasteiger partial charge < -0.3 is 92.9 Å². The topological polar surface area (TPSA) is 412 Å². The molecule has 0 aromatic rings. The van der Waals surface area contributed by atoms with Gasteiger partial charge in [0.1, 0.15) is 48.8 Å². The van der Waals surface area contributed by atoms with Gasteiger partial charge in [0.25, 0.3) is 23.9 Å². The van der Waals surface area contributed by atoms with Gasteiger partial charge in [0.05, 0.1) is 12.2 Å².